The fraction of sp³-hybridized carbons (Fsp3) is 0.278. The molecule has 2 aromatic rings. The summed E-state index contributed by atoms with van der Waals surface area (Å²) in [5.41, 5.74) is 3.54. The fourth-order valence-electron chi connectivity index (χ4n) is 2.68. The number of fused-ring (bicyclic) bond motifs is 1. The molecule has 0 atom stereocenters. The van der Waals surface area contributed by atoms with Crippen molar-refractivity contribution in [3.8, 4) is 11.5 Å². The van der Waals surface area contributed by atoms with Crippen molar-refractivity contribution in [1.29, 1.82) is 0 Å². The van der Waals surface area contributed by atoms with Crippen LogP contribution in [-0.4, -0.2) is 5.78 Å². The van der Waals surface area contributed by atoms with Crippen LogP contribution in [0.15, 0.2) is 42.5 Å². The average Bonchev–Trinajstić information content (AvgIpc) is 2.94. The Hall–Kier alpha value is -2.09. The van der Waals surface area contributed by atoms with E-state index in [9.17, 15) is 4.79 Å². The van der Waals surface area contributed by atoms with Crippen molar-refractivity contribution in [3.05, 3.63) is 59.2 Å². The van der Waals surface area contributed by atoms with Gasteiger partial charge in [0.25, 0.3) is 0 Å². The molecule has 0 saturated heterocycles. The second-order valence-electron chi connectivity index (χ2n) is 5.19. The van der Waals surface area contributed by atoms with Crippen LogP contribution in [0.25, 0.3) is 0 Å². The first-order chi connectivity index (χ1) is 9.76. The number of Topliss-reactive ketones (excluding diaryl/α,β-unsaturated/α-hetero) is 1. The summed E-state index contributed by atoms with van der Waals surface area (Å²) in [6, 6.07) is 13.7. The van der Waals surface area contributed by atoms with Gasteiger partial charge in [0.1, 0.15) is 11.5 Å². The van der Waals surface area contributed by atoms with Gasteiger partial charge in [0, 0.05) is 12.0 Å². The molecule has 0 radical (unpaired) electrons. The molecule has 0 N–H and O–H groups in total. The number of hydrogen-bond acceptors (Lipinski definition) is 2. The van der Waals surface area contributed by atoms with Crippen molar-refractivity contribution in [1.82, 2.24) is 0 Å². The highest BCUT2D eigenvalue weighted by Crippen LogP contribution is 2.29. The van der Waals surface area contributed by atoms with Crippen LogP contribution in [0, 0.1) is 0 Å². The molecular weight excluding hydrogens is 248 g/mol. The second-order valence-corrected chi connectivity index (χ2v) is 5.19. The number of benzene rings is 2. The lowest BCUT2D eigenvalue weighted by molar-refractivity contribution is 0.0988. The molecule has 102 valence electrons. The van der Waals surface area contributed by atoms with E-state index in [2.05, 4.69) is 12.1 Å². The molecule has 0 heterocycles. The Bertz CT molecular complexity index is 644. The van der Waals surface area contributed by atoms with Gasteiger partial charge in [-0.3, -0.25) is 4.79 Å². The predicted octanol–water partition coefficient (Wildman–Crippen LogP) is 4.56. The maximum Gasteiger partial charge on any atom is 0.162 e. The molecule has 20 heavy (non-hydrogen) atoms. The summed E-state index contributed by atoms with van der Waals surface area (Å²) >= 11 is 0. The van der Waals surface area contributed by atoms with Crippen LogP contribution in [0.2, 0.25) is 0 Å². The standard InChI is InChI=1S/C18H18O2/c1-2-18(19)15-7-4-8-16(12-15)20-17-10-9-13-5-3-6-14(13)11-17/h4,7-12H,2-3,5-6H2,1H3. The molecule has 0 bridgehead atoms. The highest BCUT2D eigenvalue weighted by atomic mass is 16.5. The van der Waals surface area contributed by atoms with E-state index in [-0.39, 0.29) is 5.78 Å². The largest absolute Gasteiger partial charge is 0.457 e. The van der Waals surface area contributed by atoms with Gasteiger partial charge >= 0.3 is 0 Å². The first-order valence-corrected chi connectivity index (χ1v) is 7.19. The zero-order valence-corrected chi connectivity index (χ0v) is 11.7. The predicted molar refractivity (Wildman–Crippen MR) is 79.6 cm³/mol. The van der Waals surface area contributed by atoms with Crippen LogP contribution in [0.3, 0.4) is 0 Å². The summed E-state index contributed by atoms with van der Waals surface area (Å²) in [6.07, 6.45) is 4.07. The third-order valence-corrected chi connectivity index (χ3v) is 3.78. The highest BCUT2D eigenvalue weighted by molar-refractivity contribution is 5.96. The monoisotopic (exact) mass is 266 g/mol. The Kier molecular flexibility index (Phi) is 3.55. The number of ketones is 1. The highest BCUT2D eigenvalue weighted by Gasteiger charge is 2.12. The van der Waals surface area contributed by atoms with Gasteiger partial charge in [-0.15, -0.1) is 0 Å². The minimum atomic E-state index is 0.143. The number of aryl methyl sites for hydroxylation is 2. The van der Waals surface area contributed by atoms with Crippen molar-refractivity contribution in [2.24, 2.45) is 0 Å². The van der Waals surface area contributed by atoms with Crippen LogP contribution in [-0.2, 0) is 12.8 Å². The molecule has 0 saturated carbocycles. The molecule has 0 spiro atoms. The number of carbonyl (C=O) groups is 1. The summed E-state index contributed by atoms with van der Waals surface area (Å²) < 4.78 is 5.89. The average molecular weight is 266 g/mol. The van der Waals surface area contributed by atoms with Gasteiger partial charge in [0.15, 0.2) is 5.78 Å². The van der Waals surface area contributed by atoms with E-state index >= 15 is 0 Å². The number of carbonyl (C=O) groups excluding carboxylic acids is 1. The number of hydrogen-bond donors (Lipinski definition) is 0. The maximum absolute atomic E-state index is 11.7. The topological polar surface area (TPSA) is 26.3 Å². The van der Waals surface area contributed by atoms with Crippen LogP contribution in [0.4, 0.5) is 0 Å². The van der Waals surface area contributed by atoms with Crippen molar-refractivity contribution in [3.63, 3.8) is 0 Å². The van der Waals surface area contributed by atoms with Gasteiger partial charge in [-0.2, -0.15) is 0 Å². The Morgan fingerprint density at radius 3 is 2.70 bits per heavy atom. The van der Waals surface area contributed by atoms with E-state index in [1.807, 2.05) is 37.3 Å². The Morgan fingerprint density at radius 2 is 1.85 bits per heavy atom. The lowest BCUT2D eigenvalue weighted by Gasteiger charge is -2.08. The Morgan fingerprint density at radius 1 is 1.05 bits per heavy atom. The van der Waals surface area contributed by atoms with Crippen LogP contribution >= 0.6 is 0 Å². The second kappa shape index (κ2) is 5.49. The van der Waals surface area contributed by atoms with Crippen molar-refractivity contribution in [2.75, 3.05) is 0 Å². The summed E-state index contributed by atoms with van der Waals surface area (Å²) in [4.78, 5) is 11.7. The molecule has 0 fully saturated rings. The molecule has 0 amide bonds. The molecule has 3 rings (SSSR count). The molecule has 1 aliphatic carbocycles. The van der Waals surface area contributed by atoms with Gasteiger partial charge in [-0.1, -0.05) is 25.1 Å². The summed E-state index contributed by atoms with van der Waals surface area (Å²) in [6.45, 7) is 1.87. The van der Waals surface area contributed by atoms with Crippen molar-refractivity contribution >= 4 is 5.78 Å². The van der Waals surface area contributed by atoms with Gasteiger partial charge < -0.3 is 4.74 Å². The molecule has 0 aliphatic heterocycles. The normalized spacial score (nSPS) is 13.1. The van der Waals surface area contributed by atoms with Crippen LogP contribution in [0.1, 0.15) is 41.3 Å². The lowest BCUT2D eigenvalue weighted by Crippen LogP contribution is -1.96. The fourth-order valence-corrected chi connectivity index (χ4v) is 2.68. The van der Waals surface area contributed by atoms with Gasteiger partial charge in [-0.25, -0.2) is 0 Å². The third kappa shape index (κ3) is 2.60. The van der Waals surface area contributed by atoms with E-state index in [4.69, 9.17) is 4.74 Å². The summed E-state index contributed by atoms with van der Waals surface area (Å²) in [5, 5.41) is 0. The zero-order valence-electron chi connectivity index (χ0n) is 11.7. The molecular formula is C18H18O2. The van der Waals surface area contributed by atoms with E-state index in [1.54, 1.807) is 0 Å². The summed E-state index contributed by atoms with van der Waals surface area (Å²) in [7, 11) is 0. The SMILES string of the molecule is CCC(=O)c1cccc(Oc2ccc3c(c2)CCC3)c1. The zero-order chi connectivity index (χ0) is 13.9. The Balaban J connectivity index is 1.82. The smallest absolute Gasteiger partial charge is 0.162 e. The number of rotatable bonds is 4. The summed E-state index contributed by atoms with van der Waals surface area (Å²) in [5.74, 6) is 1.72. The quantitative estimate of drug-likeness (QED) is 0.758. The number of ether oxygens (including phenoxy) is 1. The molecule has 2 aromatic carbocycles. The van der Waals surface area contributed by atoms with E-state index in [0.29, 0.717) is 12.0 Å². The van der Waals surface area contributed by atoms with Gasteiger partial charge in [0.2, 0.25) is 0 Å². The molecule has 1 aliphatic rings. The minimum Gasteiger partial charge on any atom is -0.457 e. The molecule has 0 aromatic heterocycles. The van der Waals surface area contributed by atoms with E-state index < -0.39 is 0 Å². The molecule has 2 heteroatoms. The van der Waals surface area contributed by atoms with E-state index in [0.717, 1.165) is 17.9 Å². The van der Waals surface area contributed by atoms with Gasteiger partial charge in [0.05, 0.1) is 0 Å². The first-order valence-electron chi connectivity index (χ1n) is 7.19. The molecule has 0 unspecified atom stereocenters. The minimum absolute atomic E-state index is 0.143. The van der Waals surface area contributed by atoms with Crippen molar-refractivity contribution < 1.29 is 9.53 Å². The van der Waals surface area contributed by atoms with Crippen molar-refractivity contribution in [2.45, 2.75) is 32.6 Å². The molecule has 2 nitrogen and oxygen atoms in total. The maximum atomic E-state index is 11.7. The Labute approximate surface area is 119 Å². The van der Waals surface area contributed by atoms with Gasteiger partial charge in [-0.05, 0) is 54.7 Å². The van der Waals surface area contributed by atoms with Crippen LogP contribution in [0.5, 0.6) is 11.5 Å². The van der Waals surface area contributed by atoms with Crippen LogP contribution < -0.4 is 4.74 Å². The third-order valence-electron chi connectivity index (χ3n) is 3.78. The van der Waals surface area contributed by atoms with E-state index in [1.165, 1.54) is 24.0 Å². The lowest BCUT2D eigenvalue weighted by atomic mass is 10.1. The first kappa shape index (κ1) is 12.9.